The molecule has 0 saturated carbocycles. The third-order valence-corrected chi connectivity index (χ3v) is 4.05. The molecule has 3 rings (SSSR count). The SMILES string of the molecule is CCOC(C(=O)O)c1ccc(OCCN(C)c2nc3ccccc3o2)cc1. The molecule has 3 aromatic rings. The number of hydrogen-bond acceptors (Lipinski definition) is 6. The second-order valence-corrected chi connectivity index (χ2v) is 5.98. The summed E-state index contributed by atoms with van der Waals surface area (Å²) < 4.78 is 16.7. The Labute approximate surface area is 157 Å². The van der Waals surface area contributed by atoms with E-state index in [4.69, 9.17) is 13.9 Å². The number of anilines is 1. The van der Waals surface area contributed by atoms with Crippen LogP contribution in [0.25, 0.3) is 11.1 Å². The van der Waals surface area contributed by atoms with Crippen LogP contribution in [0.4, 0.5) is 6.01 Å². The molecule has 1 atom stereocenters. The van der Waals surface area contributed by atoms with Crippen LogP contribution >= 0.6 is 0 Å². The Bertz CT molecular complexity index is 858. The van der Waals surface area contributed by atoms with Crippen molar-refractivity contribution in [1.82, 2.24) is 4.98 Å². The van der Waals surface area contributed by atoms with Gasteiger partial charge < -0.3 is 23.9 Å². The van der Waals surface area contributed by atoms with Crippen molar-refractivity contribution in [2.24, 2.45) is 0 Å². The lowest BCUT2D eigenvalue weighted by Crippen LogP contribution is -2.24. The summed E-state index contributed by atoms with van der Waals surface area (Å²) in [5.74, 6) is -0.351. The molecule has 0 aliphatic rings. The molecule has 1 unspecified atom stereocenters. The lowest BCUT2D eigenvalue weighted by molar-refractivity contribution is -0.150. The second kappa shape index (κ2) is 8.55. The highest BCUT2D eigenvalue weighted by atomic mass is 16.5. The summed E-state index contributed by atoms with van der Waals surface area (Å²) in [6.07, 6.45) is -0.964. The van der Waals surface area contributed by atoms with Gasteiger partial charge >= 0.3 is 5.97 Å². The van der Waals surface area contributed by atoms with Crippen molar-refractivity contribution >= 4 is 23.1 Å². The fourth-order valence-electron chi connectivity index (χ4n) is 2.63. The average Bonchev–Trinajstić information content (AvgIpc) is 3.11. The molecule has 0 fully saturated rings. The largest absolute Gasteiger partial charge is 0.492 e. The maximum Gasteiger partial charge on any atom is 0.337 e. The third-order valence-electron chi connectivity index (χ3n) is 4.05. The Kier molecular flexibility index (Phi) is 5.93. The number of aliphatic carboxylic acids is 1. The van der Waals surface area contributed by atoms with Crippen molar-refractivity contribution < 1.29 is 23.8 Å². The summed E-state index contributed by atoms with van der Waals surface area (Å²) in [5, 5.41) is 9.21. The average molecular weight is 370 g/mol. The first-order valence-corrected chi connectivity index (χ1v) is 8.72. The molecule has 0 radical (unpaired) electrons. The molecular weight excluding hydrogens is 348 g/mol. The van der Waals surface area contributed by atoms with Crippen molar-refractivity contribution in [2.75, 3.05) is 31.7 Å². The zero-order chi connectivity index (χ0) is 19.2. The van der Waals surface area contributed by atoms with E-state index < -0.39 is 12.1 Å². The Balaban J connectivity index is 1.54. The summed E-state index contributed by atoms with van der Waals surface area (Å²) >= 11 is 0. The quantitative estimate of drug-likeness (QED) is 0.617. The maximum atomic E-state index is 11.2. The normalized spacial score (nSPS) is 12.1. The second-order valence-electron chi connectivity index (χ2n) is 5.98. The molecule has 1 heterocycles. The highest BCUT2D eigenvalue weighted by Gasteiger charge is 2.19. The predicted molar refractivity (Wildman–Crippen MR) is 101 cm³/mol. The molecule has 7 nitrogen and oxygen atoms in total. The molecule has 0 amide bonds. The summed E-state index contributed by atoms with van der Waals surface area (Å²) in [4.78, 5) is 17.6. The number of para-hydroxylation sites is 2. The Morgan fingerprint density at radius 2 is 1.96 bits per heavy atom. The highest BCUT2D eigenvalue weighted by Crippen LogP contribution is 2.22. The van der Waals surface area contributed by atoms with Gasteiger partial charge in [0.2, 0.25) is 0 Å². The van der Waals surface area contributed by atoms with Gasteiger partial charge in [-0.25, -0.2) is 4.79 Å². The fraction of sp³-hybridized carbons (Fsp3) is 0.300. The van der Waals surface area contributed by atoms with E-state index in [1.165, 1.54) is 0 Å². The molecule has 27 heavy (non-hydrogen) atoms. The smallest absolute Gasteiger partial charge is 0.337 e. The molecule has 142 valence electrons. The van der Waals surface area contributed by atoms with E-state index in [0.717, 1.165) is 11.1 Å². The van der Waals surface area contributed by atoms with Crippen molar-refractivity contribution in [3.63, 3.8) is 0 Å². The fourth-order valence-corrected chi connectivity index (χ4v) is 2.63. The number of carboxylic acid groups (broad SMARTS) is 1. The van der Waals surface area contributed by atoms with E-state index in [1.54, 1.807) is 31.2 Å². The van der Waals surface area contributed by atoms with Crippen molar-refractivity contribution in [3.05, 3.63) is 54.1 Å². The number of nitrogens with zero attached hydrogens (tertiary/aromatic N) is 2. The van der Waals surface area contributed by atoms with Crippen LogP contribution in [0.5, 0.6) is 5.75 Å². The van der Waals surface area contributed by atoms with E-state index in [0.29, 0.717) is 37.1 Å². The molecular formula is C20H22N2O5. The van der Waals surface area contributed by atoms with Gasteiger partial charge in [0.05, 0.1) is 6.54 Å². The molecule has 7 heteroatoms. The molecule has 1 N–H and O–H groups in total. The number of fused-ring (bicyclic) bond motifs is 1. The van der Waals surface area contributed by atoms with Crippen molar-refractivity contribution in [1.29, 1.82) is 0 Å². The van der Waals surface area contributed by atoms with Crippen LogP contribution in [0.3, 0.4) is 0 Å². The van der Waals surface area contributed by atoms with Crippen LogP contribution in [0.15, 0.2) is 52.9 Å². The first-order chi connectivity index (χ1) is 13.1. The van der Waals surface area contributed by atoms with Crippen LogP contribution in [-0.2, 0) is 9.53 Å². The van der Waals surface area contributed by atoms with Crippen LogP contribution in [0, 0.1) is 0 Å². The van der Waals surface area contributed by atoms with E-state index in [2.05, 4.69) is 4.98 Å². The van der Waals surface area contributed by atoms with Crippen LogP contribution < -0.4 is 9.64 Å². The number of rotatable bonds is 9. The van der Waals surface area contributed by atoms with Crippen LogP contribution in [0.2, 0.25) is 0 Å². The highest BCUT2D eigenvalue weighted by molar-refractivity contribution is 5.74. The first-order valence-electron chi connectivity index (χ1n) is 8.72. The van der Waals surface area contributed by atoms with Gasteiger partial charge in [0.25, 0.3) is 6.01 Å². The van der Waals surface area contributed by atoms with Crippen molar-refractivity contribution in [3.8, 4) is 5.75 Å². The number of carbonyl (C=O) groups is 1. The van der Waals surface area contributed by atoms with Crippen LogP contribution in [-0.4, -0.2) is 42.9 Å². The number of oxazole rings is 1. The monoisotopic (exact) mass is 370 g/mol. The molecule has 1 aromatic heterocycles. The summed E-state index contributed by atoms with van der Waals surface area (Å²) in [7, 11) is 1.89. The Hall–Kier alpha value is -3.06. The molecule has 0 aliphatic carbocycles. The third kappa shape index (κ3) is 4.57. The summed E-state index contributed by atoms with van der Waals surface area (Å²) in [6, 6.07) is 15.0. The van der Waals surface area contributed by atoms with E-state index in [-0.39, 0.29) is 0 Å². The Morgan fingerprint density at radius 3 is 2.63 bits per heavy atom. The number of hydrogen-bond donors (Lipinski definition) is 1. The van der Waals surface area contributed by atoms with Crippen LogP contribution in [0.1, 0.15) is 18.6 Å². The number of likely N-dealkylation sites (N-methyl/N-ethyl adjacent to an activating group) is 1. The maximum absolute atomic E-state index is 11.2. The summed E-state index contributed by atoms with van der Waals surface area (Å²) in [5.41, 5.74) is 2.15. The number of ether oxygens (including phenoxy) is 2. The molecule has 0 aliphatic heterocycles. The minimum Gasteiger partial charge on any atom is -0.492 e. The van der Waals surface area contributed by atoms with Gasteiger partial charge in [-0.3, -0.25) is 0 Å². The number of aromatic nitrogens is 1. The van der Waals surface area contributed by atoms with Gasteiger partial charge in [0.15, 0.2) is 11.7 Å². The van der Waals surface area contributed by atoms with Gasteiger partial charge in [-0.05, 0) is 36.8 Å². The standard InChI is InChI=1S/C20H22N2O5/c1-3-25-18(19(23)24)14-8-10-15(11-9-14)26-13-12-22(2)20-21-16-6-4-5-7-17(16)27-20/h4-11,18H,3,12-13H2,1-2H3,(H,23,24). The molecule has 0 spiro atoms. The van der Waals surface area contributed by atoms with Gasteiger partial charge in [0, 0.05) is 13.7 Å². The molecule has 0 saturated heterocycles. The van der Waals surface area contributed by atoms with Gasteiger partial charge in [-0.1, -0.05) is 24.3 Å². The number of benzene rings is 2. The number of carboxylic acids is 1. The van der Waals surface area contributed by atoms with E-state index in [1.807, 2.05) is 36.2 Å². The molecule has 2 aromatic carbocycles. The van der Waals surface area contributed by atoms with Gasteiger partial charge in [0.1, 0.15) is 17.9 Å². The van der Waals surface area contributed by atoms with Gasteiger partial charge in [-0.2, -0.15) is 4.98 Å². The van der Waals surface area contributed by atoms with E-state index in [9.17, 15) is 9.90 Å². The Morgan fingerprint density at radius 1 is 1.22 bits per heavy atom. The zero-order valence-corrected chi connectivity index (χ0v) is 15.3. The van der Waals surface area contributed by atoms with Gasteiger partial charge in [-0.15, -0.1) is 0 Å². The predicted octanol–water partition coefficient (Wildman–Crippen LogP) is 3.51. The topological polar surface area (TPSA) is 85.0 Å². The minimum atomic E-state index is -1.01. The minimum absolute atomic E-state index is 0.331. The molecule has 0 bridgehead atoms. The van der Waals surface area contributed by atoms with Crippen molar-refractivity contribution in [2.45, 2.75) is 13.0 Å². The lowest BCUT2D eigenvalue weighted by atomic mass is 10.1. The van der Waals surface area contributed by atoms with E-state index >= 15 is 0 Å². The zero-order valence-electron chi connectivity index (χ0n) is 15.3. The first kappa shape index (κ1) is 18.7. The summed E-state index contributed by atoms with van der Waals surface area (Å²) in [6.45, 7) is 3.12. The lowest BCUT2D eigenvalue weighted by Gasteiger charge is -2.16.